The second-order valence-electron chi connectivity index (χ2n) is 4.88. The molecule has 0 saturated carbocycles. The number of rotatable bonds is 2. The van der Waals surface area contributed by atoms with Crippen molar-refractivity contribution in [3.05, 3.63) is 47.9 Å². The Labute approximate surface area is 117 Å². The molecule has 1 aromatic carbocycles. The minimum absolute atomic E-state index is 0.660. The molecule has 0 aliphatic heterocycles. The van der Waals surface area contributed by atoms with Crippen LogP contribution in [0.15, 0.2) is 36.5 Å². The quantitative estimate of drug-likeness (QED) is 0.776. The van der Waals surface area contributed by atoms with Crippen LogP contribution in [0.2, 0.25) is 0 Å². The molecule has 0 spiro atoms. The van der Waals surface area contributed by atoms with E-state index in [9.17, 15) is 0 Å². The fourth-order valence-corrected chi connectivity index (χ4v) is 2.41. The zero-order valence-electron chi connectivity index (χ0n) is 11.8. The standard InChI is InChI=1S/C15H17N5/c1-10-14(11(2)19(3)17-10)15-13(16)9-20(18-15)12-7-5-4-6-8-12/h4-9H,16H2,1-3H3. The molecule has 3 rings (SSSR count). The summed E-state index contributed by atoms with van der Waals surface area (Å²) < 4.78 is 3.65. The predicted octanol–water partition coefficient (Wildman–Crippen LogP) is 2.47. The Morgan fingerprint density at radius 2 is 1.75 bits per heavy atom. The van der Waals surface area contributed by atoms with Gasteiger partial charge in [0.05, 0.1) is 23.3 Å². The van der Waals surface area contributed by atoms with Crippen molar-refractivity contribution < 1.29 is 0 Å². The number of anilines is 1. The van der Waals surface area contributed by atoms with Gasteiger partial charge in [0.1, 0.15) is 5.69 Å². The number of aromatic nitrogens is 4. The normalized spacial score (nSPS) is 10.9. The van der Waals surface area contributed by atoms with Gasteiger partial charge in [0, 0.05) is 18.3 Å². The second kappa shape index (κ2) is 4.52. The highest BCUT2D eigenvalue weighted by atomic mass is 15.3. The van der Waals surface area contributed by atoms with Crippen molar-refractivity contribution in [1.82, 2.24) is 19.6 Å². The van der Waals surface area contributed by atoms with Crippen LogP contribution in [-0.4, -0.2) is 19.6 Å². The molecule has 5 heteroatoms. The van der Waals surface area contributed by atoms with E-state index in [1.54, 1.807) is 4.68 Å². The molecule has 0 aliphatic carbocycles. The minimum Gasteiger partial charge on any atom is -0.396 e. The maximum atomic E-state index is 6.14. The topological polar surface area (TPSA) is 61.7 Å². The lowest BCUT2D eigenvalue weighted by Crippen LogP contribution is -1.95. The van der Waals surface area contributed by atoms with Crippen LogP contribution in [0.4, 0.5) is 5.69 Å². The molecule has 2 aromatic heterocycles. The number of benzene rings is 1. The summed E-state index contributed by atoms with van der Waals surface area (Å²) in [4.78, 5) is 0. The van der Waals surface area contributed by atoms with Crippen LogP contribution < -0.4 is 5.73 Å². The van der Waals surface area contributed by atoms with Gasteiger partial charge < -0.3 is 5.73 Å². The zero-order chi connectivity index (χ0) is 14.3. The lowest BCUT2D eigenvalue weighted by molar-refractivity contribution is 0.731. The van der Waals surface area contributed by atoms with Gasteiger partial charge in [-0.25, -0.2) is 4.68 Å². The van der Waals surface area contributed by atoms with E-state index in [-0.39, 0.29) is 0 Å². The molecule has 0 aliphatic rings. The third-order valence-corrected chi connectivity index (χ3v) is 3.51. The first-order chi connectivity index (χ1) is 9.58. The van der Waals surface area contributed by atoms with Gasteiger partial charge in [-0.1, -0.05) is 18.2 Å². The molecule has 2 heterocycles. The van der Waals surface area contributed by atoms with Crippen LogP contribution in [0.1, 0.15) is 11.4 Å². The van der Waals surface area contributed by atoms with E-state index < -0.39 is 0 Å². The van der Waals surface area contributed by atoms with E-state index in [4.69, 9.17) is 5.73 Å². The zero-order valence-corrected chi connectivity index (χ0v) is 11.8. The lowest BCUT2D eigenvalue weighted by Gasteiger charge is -2.00. The van der Waals surface area contributed by atoms with Gasteiger partial charge in [-0.15, -0.1) is 0 Å². The molecule has 0 radical (unpaired) electrons. The van der Waals surface area contributed by atoms with Gasteiger partial charge in [-0.3, -0.25) is 4.68 Å². The largest absolute Gasteiger partial charge is 0.396 e. The van der Waals surface area contributed by atoms with Gasteiger partial charge in [0.15, 0.2) is 0 Å². The molecular formula is C15H17N5. The van der Waals surface area contributed by atoms with Crippen LogP contribution in [0.25, 0.3) is 16.9 Å². The number of hydrogen-bond donors (Lipinski definition) is 1. The second-order valence-corrected chi connectivity index (χ2v) is 4.88. The van der Waals surface area contributed by atoms with Gasteiger partial charge in [0.25, 0.3) is 0 Å². The van der Waals surface area contributed by atoms with E-state index in [1.807, 2.05) is 62.1 Å². The van der Waals surface area contributed by atoms with Crippen molar-refractivity contribution in [3.63, 3.8) is 0 Å². The SMILES string of the molecule is Cc1nn(C)c(C)c1-c1nn(-c2ccccc2)cc1N. The number of nitrogen functional groups attached to an aromatic ring is 1. The summed E-state index contributed by atoms with van der Waals surface area (Å²) in [6.45, 7) is 4.00. The fraction of sp³-hybridized carbons (Fsp3) is 0.200. The van der Waals surface area contributed by atoms with E-state index in [1.165, 1.54) is 0 Å². The maximum absolute atomic E-state index is 6.14. The summed E-state index contributed by atoms with van der Waals surface area (Å²) >= 11 is 0. The lowest BCUT2D eigenvalue weighted by atomic mass is 10.1. The number of hydrogen-bond acceptors (Lipinski definition) is 3. The molecule has 5 nitrogen and oxygen atoms in total. The van der Waals surface area contributed by atoms with Crippen LogP contribution in [0.3, 0.4) is 0 Å². The van der Waals surface area contributed by atoms with Crippen molar-refractivity contribution in [3.8, 4) is 16.9 Å². The molecule has 3 aromatic rings. The average molecular weight is 267 g/mol. The van der Waals surface area contributed by atoms with Crippen molar-refractivity contribution in [2.45, 2.75) is 13.8 Å². The molecule has 20 heavy (non-hydrogen) atoms. The molecule has 0 amide bonds. The van der Waals surface area contributed by atoms with Crippen molar-refractivity contribution >= 4 is 5.69 Å². The van der Waals surface area contributed by atoms with Crippen LogP contribution in [0.5, 0.6) is 0 Å². The van der Waals surface area contributed by atoms with Crippen molar-refractivity contribution in [2.75, 3.05) is 5.73 Å². The van der Waals surface area contributed by atoms with Crippen LogP contribution >= 0.6 is 0 Å². The van der Waals surface area contributed by atoms with E-state index >= 15 is 0 Å². The van der Waals surface area contributed by atoms with Gasteiger partial charge >= 0.3 is 0 Å². The average Bonchev–Trinajstić information content (AvgIpc) is 2.92. The number of nitrogens with zero attached hydrogens (tertiary/aromatic N) is 4. The third-order valence-electron chi connectivity index (χ3n) is 3.51. The number of nitrogens with two attached hydrogens (primary N) is 1. The first-order valence-corrected chi connectivity index (χ1v) is 6.49. The van der Waals surface area contributed by atoms with E-state index in [0.29, 0.717) is 5.69 Å². The summed E-state index contributed by atoms with van der Waals surface area (Å²) in [6, 6.07) is 9.94. The molecule has 102 valence electrons. The first-order valence-electron chi connectivity index (χ1n) is 6.49. The number of aryl methyl sites for hydroxylation is 2. The van der Waals surface area contributed by atoms with Gasteiger partial charge in [-0.05, 0) is 26.0 Å². The minimum atomic E-state index is 0.660. The van der Waals surface area contributed by atoms with E-state index in [2.05, 4.69) is 10.2 Å². The Hall–Kier alpha value is -2.56. The van der Waals surface area contributed by atoms with Crippen molar-refractivity contribution in [1.29, 1.82) is 0 Å². The van der Waals surface area contributed by atoms with Crippen molar-refractivity contribution in [2.24, 2.45) is 7.05 Å². The highest BCUT2D eigenvalue weighted by Crippen LogP contribution is 2.30. The first kappa shape index (κ1) is 12.5. The summed E-state index contributed by atoms with van der Waals surface area (Å²) in [5.74, 6) is 0. The highest BCUT2D eigenvalue weighted by molar-refractivity contribution is 5.75. The number of para-hydroxylation sites is 1. The predicted molar refractivity (Wildman–Crippen MR) is 79.7 cm³/mol. The van der Waals surface area contributed by atoms with Crippen LogP contribution in [0, 0.1) is 13.8 Å². The fourth-order valence-electron chi connectivity index (χ4n) is 2.41. The summed E-state index contributed by atoms with van der Waals surface area (Å²) in [5, 5.41) is 9.05. The monoisotopic (exact) mass is 267 g/mol. The summed E-state index contributed by atoms with van der Waals surface area (Å²) in [5.41, 5.74) is 11.6. The molecule has 0 unspecified atom stereocenters. The Morgan fingerprint density at radius 1 is 1.05 bits per heavy atom. The molecule has 0 fully saturated rings. The molecule has 2 N–H and O–H groups in total. The molecule has 0 atom stereocenters. The maximum Gasteiger partial charge on any atom is 0.119 e. The summed E-state index contributed by atoms with van der Waals surface area (Å²) in [6.07, 6.45) is 1.84. The van der Waals surface area contributed by atoms with Crippen LogP contribution in [-0.2, 0) is 7.05 Å². The summed E-state index contributed by atoms with van der Waals surface area (Å²) in [7, 11) is 1.93. The molecular weight excluding hydrogens is 250 g/mol. The Kier molecular flexibility index (Phi) is 2.82. The third kappa shape index (κ3) is 1.87. The Balaban J connectivity index is 2.15. The molecule has 0 saturated heterocycles. The highest BCUT2D eigenvalue weighted by Gasteiger charge is 2.17. The van der Waals surface area contributed by atoms with Gasteiger partial charge in [-0.2, -0.15) is 10.2 Å². The Morgan fingerprint density at radius 3 is 2.35 bits per heavy atom. The smallest absolute Gasteiger partial charge is 0.119 e. The molecule has 0 bridgehead atoms. The Bertz CT molecular complexity index is 752. The van der Waals surface area contributed by atoms with Gasteiger partial charge in [0.2, 0.25) is 0 Å². The van der Waals surface area contributed by atoms with E-state index in [0.717, 1.165) is 28.3 Å².